The average molecular weight is 220 g/mol. The summed E-state index contributed by atoms with van der Waals surface area (Å²) in [5, 5.41) is 0. The van der Waals surface area contributed by atoms with E-state index in [9.17, 15) is 0 Å². The van der Waals surface area contributed by atoms with Gasteiger partial charge in [-0.05, 0) is 31.0 Å². The summed E-state index contributed by atoms with van der Waals surface area (Å²) in [6.45, 7) is 3.10. The Morgan fingerprint density at radius 3 is 3.00 bits per heavy atom. The number of nitrogen functional groups attached to an aromatic ring is 1. The number of piperidine rings is 1. The predicted molar refractivity (Wildman–Crippen MR) is 66.2 cm³/mol. The Morgan fingerprint density at radius 2 is 2.25 bits per heavy atom. The molecular formula is C13H20N2O. The van der Waals surface area contributed by atoms with Crippen molar-refractivity contribution in [2.45, 2.75) is 25.5 Å². The second-order valence-electron chi connectivity index (χ2n) is 4.43. The van der Waals surface area contributed by atoms with E-state index in [0.29, 0.717) is 6.10 Å². The zero-order chi connectivity index (χ0) is 11.4. The number of methoxy groups -OCH3 is 1. The lowest BCUT2D eigenvalue weighted by atomic mass is 10.1. The molecule has 1 saturated heterocycles. The van der Waals surface area contributed by atoms with Crippen molar-refractivity contribution in [3.8, 4) is 0 Å². The van der Waals surface area contributed by atoms with Crippen LogP contribution in [0.1, 0.15) is 18.4 Å². The molecule has 0 spiro atoms. The smallest absolute Gasteiger partial charge is 0.0698 e. The van der Waals surface area contributed by atoms with E-state index in [4.69, 9.17) is 10.5 Å². The highest BCUT2D eigenvalue weighted by Crippen LogP contribution is 2.18. The lowest BCUT2D eigenvalue weighted by Crippen LogP contribution is -2.38. The molecule has 1 aliphatic heterocycles. The van der Waals surface area contributed by atoms with E-state index in [0.717, 1.165) is 25.3 Å². The van der Waals surface area contributed by atoms with E-state index in [1.165, 1.54) is 18.4 Å². The number of hydrogen-bond acceptors (Lipinski definition) is 3. The van der Waals surface area contributed by atoms with Gasteiger partial charge in [-0.25, -0.2) is 0 Å². The van der Waals surface area contributed by atoms with E-state index in [1.807, 2.05) is 18.2 Å². The summed E-state index contributed by atoms with van der Waals surface area (Å²) in [6.07, 6.45) is 2.78. The summed E-state index contributed by atoms with van der Waals surface area (Å²) in [6, 6.07) is 8.09. The number of ether oxygens (including phenoxy) is 1. The van der Waals surface area contributed by atoms with Crippen LogP contribution in [0.25, 0.3) is 0 Å². The third kappa shape index (κ3) is 2.74. The first kappa shape index (κ1) is 11.4. The summed E-state index contributed by atoms with van der Waals surface area (Å²) in [5.41, 5.74) is 8.06. The van der Waals surface area contributed by atoms with Gasteiger partial charge >= 0.3 is 0 Å². The summed E-state index contributed by atoms with van der Waals surface area (Å²) in [4.78, 5) is 2.42. The molecule has 0 saturated carbocycles. The Morgan fingerprint density at radius 1 is 1.44 bits per heavy atom. The molecule has 2 rings (SSSR count). The Kier molecular flexibility index (Phi) is 3.80. The molecule has 2 N–H and O–H groups in total. The molecule has 0 aromatic heterocycles. The summed E-state index contributed by atoms with van der Waals surface area (Å²) >= 11 is 0. The molecule has 1 aromatic rings. The van der Waals surface area contributed by atoms with E-state index >= 15 is 0 Å². The van der Waals surface area contributed by atoms with Crippen LogP contribution in [-0.2, 0) is 11.3 Å². The standard InChI is InChI=1S/C13H20N2O/c1-16-12-6-4-8-15(10-12)9-11-5-2-3-7-13(11)14/h2-3,5,7,12H,4,6,8-10,14H2,1H3. The molecule has 1 aliphatic rings. The lowest BCUT2D eigenvalue weighted by Gasteiger charge is -2.32. The normalized spacial score (nSPS) is 22.2. The van der Waals surface area contributed by atoms with Gasteiger partial charge in [0.05, 0.1) is 6.10 Å². The summed E-state index contributed by atoms with van der Waals surface area (Å²) < 4.78 is 5.42. The molecule has 3 nitrogen and oxygen atoms in total. The summed E-state index contributed by atoms with van der Waals surface area (Å²) in [7, 11) is 1.80. The quantitative estimate of drug-likeness (QED) is 0.790. The van der Waals surface area contributed by atoms with Crippen molar-refractivity contribution < 1.29 is 4.74 Å². The second kappa shape index (κ2) is 5.32. The van der Waals surface area contributed by atoms with Crippen LogP contribution >= 0.6 is 0 Å². The Bertz CT molecular complexity index is 340. The molecule has 88 valence electrons. The van der Waals surface area contributed by atoms with Gasteiger partial charge in [-0.15, -0.1) is 0 Å². The molecule has 0 bridgehead atoms. The monoisotopic (exact) mass is 220 g/mol. The molecule has 3 heteroatoms. The number of anilines is 1. The topological polar surface area (TPSA) is 38.5 Å². The van der Waals surface area contributed by atoms with Crippen LogP contribution < -0.4 is 5.73 Å². The van der Waals surface area contributed by atoms with Crippen molar-refractivity contribution in [1.29, 1.82) is 0 Å². The van der Waals surface area contributed by atoms with Gasteiger partial charge in [0, 0.05) is 25.9 Å². The number of benzene rings is 1. The zero-order valence-corrected chi connectivity index (χ0v) is 9.86. The van der Waals surface area contributed by atoms with E-state index in [2.05, 4.69) is 11.0 Å². The van der Waals surface area contributed by atoms with Crippen molar-refractivity contribution in [3.05, 3.63) is 29.8 Å². The molecular weight excluding hydrogens is 200 g/mol. The van der Waals surface area contributed by atoms with Crippen molar-refractivity contribution in [1.82, 2.24) is 4.90 Å². The van der Waals surface area contributed by atoms with Crippen molar-refractivity contribution in [2.75, 3.05) is 25.9 Å². The van der Waals surface area contributed by atoms with Gasteiger partial charge in [-0.2, -0.15) is 0 Å². The first-order valence-electron chi connectivity index (χ1n) is 5.88. The predicted octanol–water partition coefficient (Wildman–Crippen LogP) is 1.88. The third-order valence-electron chi connectivity index (χ3n) is 3.24. The average Bonchev–Trinajstić information content (AvgIpc) is 2.32. The minimum Gasteiger partial charge on any atom is -0.398 e. The van der Waals surface area contributed by atoms with E-state index < -0.39 is 0 Å². The fraction of sp³-hybridized carbons (Fsp3) is 0.538. The van der Waals surface area contributed by atoms with Gasteiger partial charge in [0.2, 0.25) is 0 Å². The van der Waals surface area contributed by atoms with Gasteiger partial charge in [0.25, 0.3) is 0 Å². The maximum Gasteiger partial charge on any atom is 0.0698 e. The molecule has 0 radical (unpaired) electrons. The van der Waals surface area contributed by atoms with Gasteiger partial charge < -0.3 is 10.5 Å². The minimum absolute atomic E-state index is 0.388. The molecule has 0 amide bonds. The highest BCUT2D eigenvalue weighted by atomic mass is 16.5. The maximum absolute atomic E-state index is 5.95. The SMILES string of the molecule is COC1CCCN(Cc2ccccc2N)C1. The van der Waals surface area contributed by atoms with Crippen LogP contribution in [-0.4, -0.2) is 31.2 Å². The highest BCUT2D eigenvalue weighted by molar-refractivity contribution is 5.46. The van der Waals surface area contributed by atoms with Crippen LogP contribution in [0.3, 0.4) is 0 Å². The van der Waals surface area contributed by atoms with Crippen LogP contribution in [0, 0.1) is 0 Å². The largest absolute Gasteiger partial charge is 0.398 e. The van der Waals surface area contributed by atoms with E-state index in [-0.39, 0.29) is 0 Å². The number of nitrogens with zero attached hydrogens (tertiary/aromatic N) is 1. The third-order valence-corrected chi connectivity index (χ3v) is 3.24. The molecule has 1 aromatic carbocycles. The maximum atomic E-state index is 5.95. The van der Waals surface area contributed by atoms with Gasteiger partial charge in [-0.3, -0.25) is 4.90 Å². The number of rotatable bonds is 3. The Balaban J connectivity index is 1.97. The van der Waals surface area contributed by atoms with Crippen LogP contribution in [0.4, 0.5) is 5.69 Å². The van der Waals surface area contributed by atoms with Crippen LogP contribution in [0.5, 0.6) is 0 Å². The Hall–Kier alpha value is -1.06. The fourth-order valence-corrected chi connectivity index (χ4v) is 2.27. The first-order valence-corrected chi connectivity index (χ1v) is 5.88. The van der Waals surface area contributed by atoms with Crippen LogP contribution in [0.15, 0.2) is 24.3 Å². The second-order valence-corrected chi connectivity index (χ2v) is 4.43. The summed E-state index contributed by atoms with van der Waals surface area (Å²) in [5.74, 6) is 0. The number of para-hydroxylation sites is 1. The van der Waals surface area contributed by atoms with Gasteiger partial charge in [-0.1, -0.05) is 18.2 Å². The zero-order valence-electron chi connectivity index (χ0n) is 9.86. The molecule has 1 atom stereocenters. The lowest BCUT2D eigenvalue weighted by molar-refractivity contribution is 0.0286. The molecule has 16 heavy (non-hydrogen) atoms. The van der Waals surface area contributed by atoms with Crippen LogP contribution in [0.2, 0.25) is 0 Å². The number of likely N-dealkylation sites (tertiary alicyclic amines) is 1. The van der Waals surface area contributed by atoms with Gasteiger partial charge in [0.1, 0.15) is 0 Å². The molecule has 1 heterocycles. The fourth-order valence-electron chi connectivity index (χ4n) is 2.27. The number of hydrogen-bond donors (Lipinski definition) is 1. The van der Waals surface area contributed by atoms with Crippen molar-refractivity contribution in [3.63, 3.8) is 0 Å². The first-order chi connectivity index (χ1) is 7.79. The molecule has 1 fully saturated rings. The van der Waals surface area contributed by atoms with E-state index in [1.54, 1.807) is 7.11 Å². The van der Waals surface area contributed by atoms with Crippen molar-refractivity contribution in [2.24, 2.45) is 0 Å². The number of nitrogens with two attached hydrogens (primary N) is 1. The Labute approximate surface area is 97.2 Å². The molecule has 1 unspecified atom stereocenters. The molecule has 0 aliphatic carbocycles. The highest BCUT2D eigenvalue weighted by Gasteiger charge is 2.19. The van der Waals surface area contributed by atoms with Gasteiger partial charge in [0.15, 0.2) is 0 Å². The minimum atomic E-state index is 0.388. The van der Waals surface area contributed by atoms with Crippen molar-refractivity contribution >= 4 is 5.69 Å².